The first-order chi connectivity index (χ1) is 11.2. The van der Waals surface area contributed by atoms with Crippen LogP contribution in [0.2, 0.25) is 0 Å². The molecule has 0 saturated carbocycles. The largest absolute Gasteiger partial charge is 0.493 e. The van der Waals surface area contributed by atoms with E-state index in [0.717, 1.165) is 31.0 Å². The molecule has 0 radical (unpaired) electrons. The summed E-state index contributed by atoms with van der Waals surface area (Å²) >= 11 is 0. The Kier molecular flexibility index (Phi) is 6.70. The molecular weight excluding hydrogens is 286 g/mol. The molecule has 1 N–H and O–H groups in total. The van der Waals surface area contributed by atoms with Crippen LogP contribution in [0.25, 0.3) is 6.08 Å². The van der Waals surface area contributed by atoms with Crippen molar-refractivity contribution in [3.05, 3.63) is 65.2 Å². The standard InChI is InChI=1S/C20H25NO2/c1-16(13-17-7-5-4-6-8-17)15-21-12-11-18-9-10-19(22-2)20(14-18)23-3/h4-10,13-14,21H,11-12,15H2,1-3H3. The third-order valence-electron chi connectivity index (χ3n) is 3.65. The molecule has 0 aliphatic rings. The first-order valence-electron chi connectivity index (χ1n) is 7.87. The molecule has 0 bridgehead atoms. The summed E-state index contributed by atoms with van der Waals surface area (Å²) in [6.07, 6.45) is 3.17. The second-order valence-electron chi connectivity index (χ2n) is 5.52. The van der Waals surface area contributed by atoms with Gasteiger partial charge in [0.15, 0.2) is 11.5 Å². The van der Waals surface area contributed by atoms with E-state index in [-0.39, 0.29) is 0 Å². The van der Waals surface area contributed by atoms with Gasteiger partial charge < -0.3 is 14.8 Å². The van der Waals surface area contributed by atoms with Gasteiger partial charge in [-0.3, -0.25) is 0 Å². The second-order valence-corrected chi connectivity index (χ2v) is 5.52. The summed E-state index contributed by atoms with van der Waals surface area (Å²) in [6, 6.07) is 16.5. The first kappa shape index (κ1) is 17.1. The molecule has 0 fully saturated rings. The average Bonchev–Trinajstić information content (AvgIpc) is 2.59. The van der Waals surface area contributed by atoms with E-state index in [1.807, 2.05) is 18.2 Å². The Labute approximate surface area is 138 Å². The Morgan fingerprint density at radius 2 is 1.74 bits per heavy atom. The van der Waals surface area contributed by atoms with Crippen LogP contribution in [0.5, 0.6) is 11.5 Å². The Hall–Kier alpha value is -2.26. The lowest BCUT2D eigenvalue weighted by Gasteiger charge is -2.10. The van der Waals surface area contributed by atoms with Crippen molar-refractivity contribution in [3.63, 3.8) is 0 Å². The minimum atomic E-state index is 0.769. The fourth-order valence-corrected chi connectivity index (χ4v) is 2.44. The van der Waals surface area contributed by atoms with E-state index in [9.17, 15) is 0 Å². The minimum absolute atomic E-state index is 0.769. The number of benzene rings is 2. The number of methoxy groups -OCH3 is 2. The highest BCUT2D eigenvalue weighted by Gasteiger charge is 2.04. The molecule has 122 valence electrons. The van der Waals surface area contributed by atoms with E-state index in [0.29, 0.717) is 0 Å². The second kappa shape index (κ2) is 9.01. The van der Waals surface area contributed by atoms with Crippen LogP contribution in [0.15, 0.2) is 54.1 Å². The van der Waals surface area contributed by atoms with Gasteiger partial charge >= 0.3 is 0 Å². The highest BCUT2D eigenvalue weighted by Crippen LogP contribution is 2.27. The van der Waals surface area contributed by atoms with E-state index < -0.39 is 0 Å². The molecule has 23 heavy (non-hydrogen) atoms. The molecular formula is C20H25NO2. The Bertz CT molecular complexity index is 635. The van der Waals surface area contributed by atoms with Gasteiger partial charge in [0.1, 0.15) is 0 Å². The predicted octanol–water partition coefficient (Wildman–Crippen LogP) is 3.94. The molecule has 0 heterocycles. The van der Waals surface area contributed by atoms with Gasteiger partial charge in [0.25, 0.3) is 0 Å². The average molecular weight is 311 g/mol. The first-order valence-corrected chi connectivity index (χ1v) is 7.87. The molecule has 2 aromatic rings. The van der Waals surface area contributed by atoms with Crippen molar-refractivity contribution in [1.29, 1.82) is 0 Å². The third-order valence-corrected chi connectivity index (χ3v) is 3.65. The Morgan fingerprint density at radius 1 is 1.00 bits per heavy atom. The van der Waals surface area contributed by atoms with Crippen LogP contribution < -0.4 is 14.8 Å². The fraction of sp³-hybridized carbons (Fsp3) is 0.300. The molecule has 2 aromatic carbocycles. The summed E-state index contributed by atoms with van der Waals surface area (Å²) in [6.45, 7) is 3.97. The highest BCUT2D eigenvalue weighted by atomic mass is 16.5. The lowest BCUT2D eigenvalue weighted by atomic mass is 10.1. The van der Waals surface area contributed by atoms with Crippen LogP contribution in [-0.2, 0) is 6.42 Å². The zero-order valence-corrected chi connectivity index (χ0v) is 14.1. The topological polar surface area (TPSA) is 30.5 Å². The molecule has 0 aromatic heterocycles. The van der Waals surface area contributed by atoms with Gasteiger partial charge in [0, 0.05) is 6.54 Å². The quantitative estimate of drug-likeness (QED) is 0.749. The maximum absolute atomic E-state index is 5.33. The molecule has 0 aliphatic carbocycles. The van der Waals surface area contributed by atoms with Crippen molar-refractivity contribution in [2.75, 3.05) is 27.3 Å². The van der Waals surface area contributed by atoms with Gasteiger partial charge in [-0.2, -0.15) is 0 Å². The van der Waals surface area contributed by atoms with Crippen LogP contribution in [0.1, 0.15) is 18.1 Å². The maximum Gasteiger partial charge on any atom is 0.160 e. The molecule has 0 unspecified atom stereocenters. The van der Waals surface area contributed by atoms with Gasteiger partial charge in [0.2, 0.25) is 0 Å². The number of ether oxygens (including phenoxy) is 2. The minimum Gasteiger partial charge on any atom is -0.493 e. The molecule has 3 nitrogen and oxygen atoms in total. The molecule has 2 rings (SSSR count). The van der Waals surface area contributed by atoms with Crippen molar-refractivity contribution in [3.8, 4) is 11.5 Å². The molecule has 3 heteroatoms. The van der Waals surface area contributed by atoms with Crippen LogP contribution in [0.4, 0.5) is 0 Å². The predicted molar refractivity (Wildman–Crippen MR) is 96.2 cm³/mol. The van der Waals surface area contributed by atoms with Crippen LogP contribution in [-0.4, -0.2) is 27.3 Å². The van der Waals surface area contributed by atoms with Crippen LogP contribution >= 0.6 is 0 Å². The SMILES string of the molecule is COc1ccc(CCNCC(C)=Cc2ccccc2)cc1OC. The summed E-state index contributed by atoms with van der Waals surface area (Å²) in [5, 5.41) is 3.48. The zero-order chi connectivity index (χ0) is 16.5. The van der Waals surface area contributed by atoms with Crippen molar-refractivity contribution >= 4 is 6.08 Å². The summed E-state index contributed by atoms with van der Waals surface area (Å²) < 4.78 is 10.6. The van der Waals surface area contributed by atoms with E-state index in [1.54, 1.807) is 14.2 Å². The summed E-state index contributed by atoms with van der Waals surface area (Å²) in [4.78, 5) is 0. The number of nitrogens with one attached hydrogen (secondary N) is 1. The maximum atomic E-state index is 5.33. The number of rotatable bonds is 8. The number of hydrogen-bond donors (Lipinski definition) is 1. The fourth-order valence-electron chi connectivity index (χ4n) is 2.44. The van der Waals surface area contributed by atoms with E-state index in [4.69, 9.17) is 9.47 Å². The van der Waals surface area contributed by atoms with Gasteiger partial charge in [-0.05, 0) is 43.1 Å². The lowest BCUT2D eigenvalue weighted by molar-refractivity contribution is 0.354. The molecule has 0 saturated heterocycles. The molecule has 0 aliphatic heterocycles. The molecule has 0 amide bonds. The van der Waals surface area contributed by atoms with Gasteiger partial charge in [-0.25, -0.2) is 0 Å². The third kappa shape index (κ3) is 5.46. The van der Waals surface area contributed by atoms with Crippen LogP contribution in [0.3, 0.4) is 0 Å². The smallest absolute Gasteiger partial charge is 0.160 e. The van der Waals surface area contributed by atoms with Crippen molar-refractivity contribution in [1.82, 2.24) is 5.32 Å². The normalized spacial score (nSPS) is 11.3. The van der Waals surface area contributed by atoms with E-state index in [1.165, 1.54) is 16.7 Å². The van der Waals surface area contributed by atoms with Crippen molar-refractivity contribution in [2.24, 2.45) is 0 Å². The summed E-state index contributed by atoms with van der Waals surface area (Å²) in [5.74, 6) is 1.55. The van der Waals surface area contributed by atoms with E-state index >= 15 is 0 Å². The Morgan fingerprint density at radius 3 is 2.43 bits per heavy atom. The van der Waals surface area contributed by atoms with Crippen molar-refractivity contribution in [2.45, 2.75) is 13.3 Å². The summed E-state index contributed by atoms with van der Waals surface area (Å²) in [7, 11) is 3.32. The zero-order valence-electron chi connectivity index (χ0n) is 14.1. The highest BCUT2D eigenvalue weighted by molar-refractivity contribution is 5.52. The lowest BCUT2D eigenvalue weighted by Crippen LogP contribution is -2.19. The van der Waals surface area contributed by atoms with Gasteiger partial charge in [-0.15, -0.1) is 0 Å². The Balaban J connectivity index is 1.80. The van der Waals surface area contributed by atoms with Gasteiger partial charge in [-0.1, -0.05) is 48.0 Å². The number of hydrogen-bond acceptors (Lipinski definition) is 3. The molecule has 0 spiro atoms. The molecule has 0 atom stereocenters. The van der Waals surface area contributed by atoms with Crippen molar-refractivity contribution < 1.29 is 9.47 Å². The van der Waals surface area contributed by atoms with Crippen LogP contribution in [0, 0.1) is 0 Å². The summed E-state index contributed by atoms with van der Waals surface area (Å²) in [5.41, 5.74) is 3.80. The monoisotopic (exact) mass is 311 g/mol. The van der Waals surface area contributed by atoms with Gasteiger partial charge in [0.05, 0.1) is 14.2 Å². The van der Waals surface area contributed by atoms with E-state index in [2.05, 4.69) is 48.6 Å².